The summed E-state index contributed by atoms with van der Waals surface area (Å²) in [6, 6.07) is 3.17. The molecule has 16 heavy (non-hydrogen) atoms. The van der Waals surface area contributed by atoms with Gasteiger partial charge >= 0.3 is 0 Å². The summed E-state index contributed by atoms with van der Waals surface area (Å²) in [5, 5.41) is 0. The maximum absolute atomic E-state index is 13.2. The van der Waals surface area contributed by atoms with Crippen molar-refractivity contribution in [3.05, 3.63) is 34.6 Å². The fraction of sp³-hybridized carbons (Fsp3) is 0.571. The van der Waals surface area contributed by atoms with Crippen molar-refractivity contribution in [3.63, 3.8) is 0 Å². The van der Waals surface area contributed by atoms with Gasteiger partial charge in [-0.15, -0.1) is 0 Å². The molecule has 1 unspecified atom stereocenters. The molecule has 0 saturated heterocycles. The molecule has 0 aliphatic carbocycles. The molecule has 2 N–H and O–H groups in total. The van der Waals surface area contributed by atoms with Crippen LogP contribution in [-0.4, -0.2) is 0 Å². The quantitative estimate of drug-likeness (QED) is 0.823. The Morgan fingerprint density at radius 2 is 1.56 bits per heavy atom. The lowest BCUT2D eigenvalue weighted by Gasteiger charge is -2.25. The number of benzene rings is 1. The molecule has 0 spiro atoms. The van der Waals surface area contributed by atoms with Gasteiger partial charge in [0.2, 0.25) is 0 Å². The van der Waals surface area contributed by atoms with E-state index < -0.39 is 0 Å². The number of rotatable bonds is 4. The van der Waals surface area contributed by atoms with Gasteiger partial charge in [0.05, 0.1) is 0 Å². The second-order valence-corrected chi connectivity index (χ2v) is 4.56. The summed E-state index contributed by atoms with van der Waals surface area (Å²) < 4.78 is 13.2. The van der Waals surface area contributed by atoms with Crippen molar-refractivity contribution < 1.29 is 4.39 Å². The number of nitrogens with two attached hydrogens (primary N) is 1. The molecule has 90 valence electrons. The summed E-state index contributed by atoms with van der Waals surface area (Å²) in [4.78, 5) is 0. The van der Waals surface area contributed by atoms with Gasteiger partial charge in [0.15, 0.2) is 0 Å². The molecule has 1 atom stereocenters. The standard InChI is InChI=1S/C14H22FN/c1-5-11(6-2)14(16)13-9(3)7-12(15)8-10(13)4/h7-8,11,14H,5-6,16H2,1-4H3. The maximum Gasteiger partial charge on any atom is 0.123 e. The smallest absolute Gasteiger partial charge is 0.123 e. The highest BCUT2D eigenvalue weighted by Gasteiger charge is 2.20. The third-order valence-corrected chi connectivity index (χ3v) is 3.45. The molecule has 0 heterocycles. The molecule has 0 amide bonds. The van der Waals surface area contributed by atoms with Gasteiger partial charge < -0.3 is 5.73 Å². The third-order valence-electron chi connectivity index (χ3n) is 3.45. The molecule has 0 aliphatic heterocycles. The van der Waals surface area contributed by atoms with Gasteiger partial charge in [-0.1, -0.05) is 26.7 Å². The van der Waals surface area contributed by atoms with E-state index >= 15 is 0 Å². The minimum atomic E-state index is -0.171. The molecule has 2 heteroatoms. The number of aryl methyl sites for hydroxylation is 2. The van der Waals surface area contributed by atoms with Crippen LogP contribution in [0.5, 0.6) is 0 Å². The maximum atomic E-state index is 13.2. The molecular formula is C14H22FN. The van der Waals surface area contributed by atoms with Crippen LogP contribution in [0, 0.1) is 25.6 Å². The van der Waals surface area contributed by atoms with Crippen LogP contribution in [0.3, 0.4) is 0 Å². The molecule has 0 fully saturated rings. The highest BCUT2D eigenvalue weighted by Crippen LogP contribution is 2.30. The van der Waals surface area contributed by atoms with Crippen molar-refractivity contribution >= 4 is 0 Å². The summed E-state index contributed by atoms with van der Waals surface area (Å²) in [5.74, 6) is 0.304. The Morgan fingerprint density at radius 3 is 1.94 bits per heavy atom. The number of hydrogen-bond acceptors (Lipinski definition) is 1. The zero-order chi connectivity index (χ0) is 12.3. The number of hydrogen-bond donors (Lipinski definition) is 1. The van der Waals surface area contributed by atoms with Gasteiger partial charge in [-0.05, 0) is 48.6 Å². The van der Waals surface area contributed by atoms with Crippen molar-refractivity contribution in [1.82, 2.24) is 0 Å². The summed E-state index contributed by atoms with van der Waals surface area (Å²) in [6.45, 7) is 8.19. The second-order valence-electron chi connectivity index (χ2n) is 4.56. The SMILES string of the molecule is CCC(CC)C(N)c1c(C)cc(F)cc1C. The van der Waals surface area contributed by atoms with Gasteiger partial charge in [0.1, 0.15) is 5.82 Å². The Balaban J connectivity index is 3.12. The third kappa shape index (κ3) is 2.62. The first-order chi connectivity index (χ1) is 7.51. The Bertz CT molecular complexity index is 333. The van der Waals surface area contributed by atoms with E-state index in [1.807, 2.05) is 13.8 Å². The van der Waals surface area contributed by atoms with E-state index in [-0.39, 0.29) is 11.9 Å². The van der Waals surface area contributed by atoms with Crippen LogP contribution in [0.25, 0.3) is 0 Å². The Kier molecular flexibility index (Phi) is 4.48. The van der Waals surface area contributed by atoms with Crippen molar-refractivity contribution in [2.24, 2.45) is 11.7 Å². The zero-order valence-electron chi connectivity index (χ0n) is 10.7. The van der Waals surface area contributed by atoms with Gasteiger partial charge in [0.25, 0.3) is 0 Å². The minimum absolute atomic E-state index is 0.0237. The lowest BCUT2D eigenvalue weighted by molar-refractivity contribution is 0.402. The summed E-state index contributed by atoms with van der Waals surface area (Å²) in [7, 11) is 0. The largest absolute Gasteiger partial charge is 0.324 e. The molecule has 0 bridgehead atoms. The van der Waals surface area contributed by atoms with E-state index in [0.29, 0.717) is 5.92 Å². The molecule has 0 aliphatic rings. The first-order valence-corrected chi connectivity index (χ1v) is 6.03. The number of halogens is 1. The summed E-state index contributed by atoms with van der Waals surface area (Å²) in [5.41, 5.74) is 9.35. The van der Waals surface area contributed by atoms with Gasteiger partial charge in [-0.2, -0.15) is 0 Å². The zero-order valence-corrected chi connectivity index (χ0v) is 10.7. The minimum Gasteiger partial charge on any atom is -0.324 e. The van der Waals surface area contributed by atoms with Crippen molar-refractivity contribution in [2.45, 2.75) is 46.6 Å². The van der Waals surface area contributed by atoms with Crippen molar-refractivity contribution in [3.8, 4) is 0 Å². The van der Waals surface area contributed by atoms with Gasteiger partial charge in [0, 0.05) is 6.04 Å². The Hall–Kier alpha value is -0.890. The average molecular weight is 223 g/mol. The van der Waals surface area contributed by atoms with Crippen LogP contribution < -0.4 is 5.73 Å². The van der Waals surface area contributed by atoms with Gasteiger partial charge in [-0.3, -0.25) is 0 Å². The highest BCUT2D eigenvalue weighted by molar-refractivity contribution is 5.37. The molecular weight excluding hydrogens is 201 g/mol. The van der Waals surface area contributed by atoms with E-state index in [1.54, 1.807) is 12.1 Å². The van der Waals surface area contributed by atoms with Crippen LogP contribution in [0.1, 0.15) is 49.4 Å². The highest BCUT2D eigenvalue weighted by atomic mass is 19.1. The predicted molar refractivity (Wildman–Crippen MR) is 66.9 cm³/mol. The first-order valence-electron chi connectivity index (χ1n) is 6.03. The first kappa shape index (κ1) is 13.2. The molecule has 0 aromatic heterocycles. The fourth-order valence-electron chi connectivity index (χ4n) is 2.48. The summed E-state index contributed by atoms with van der Waals surface area (Å²) in [6.07, 6.45) is 2.13. The van der Waals surface area contributed by atoms with E-state index in [2.05, 4.69) is 13.8 Å². The van der Waals surface area contributed by atoms with E-state index in [4.69, 9.17) is 5.73 Å². The van der Waals surface area contributed by atoms with Crippen LogP contribution in [0.4, 0.5) is 4.39 Å². The Morgan fingerprint density at radius 1 is 1.12 bits per heavy atom. The van der Waals surface area contributed by atoms with E-state index in [9.17, 15) is 4.39 Å². The monoisotopic (exact) mass is 223 g/mol. The van der Waals surface area contributed by atoms with Crippen LogP contribution in [0.15, 0.2) is 12.1 Å². The molecule has 0 radical (unpaired) electrons. The van der Waals surface area contributed by atoms with E-state index in [0.717, 1.165) is 29.5 Å². The van der Waals surface area contributed by atoms with Crippen LogP contribution >= 0.6 is 0 Å². The predicted octanol–water partition coefficient (Wildman–Crippen LogP) is 3.88. The van der Waals surface area contributed by atoms with Crippen molar-refractivity contribution in [1.29, 1.82) is 0 Å². The molecule has 1 rings (SSSR count). The second kappa shape index (κ2) is 5.44. The van der Waals surface area contributed by atoms with Crippen LogP contribution in [0.2, 0.25) is 0 Å². The van der Waals surface area contributed by atoms with Crippen LogP contribution in [-0.2, 0) is 0 Å². The lowest BCUT2D eigenvalue weighted by Crippen LogP contribution is -2.22. The molecule has 1 aromatic carbocycles. The molecule has 1 nitrogen and oxygen atoms in total. The normalized spacial score (nSPS) is 13.2. The fourth-order valence-corrected chi connectivity index (χ4v) is 2.48. The molecule has 1 aromatic rings. The topological polar surface area (TPSA) is 26.0 Å². The summed E-state index contributed by atoms with van der Waals surface area (Å²) >= 11 is 0. The molecule has 0 saturated carbocycles. The van der Waals surface area contributed by atoms with E-state index in [1.165, 1.54) is 0 Å². The Labute approximate surface area is 97.9 Å². The van der Waals surface area contributed by atoms with Crippen molar-refractivity contribution in [2.75, 3.05) is 0 Å². The van der Waals surface area contributed by atoms with Gasteiger partial charge in [-0.25, -0.2) is 4.39 Å². The lowest BCUT2D eigenvalue weighted by atomic mass is 9.85. The average Bonchev–Trinajstić information content (AvgIpc) is 2.17.